The van der Waals surface area contributed by atoms with Crippen LogP contribution in [0.3, 0.4) is 0 Å². The number of ether oxygens (including phenoxy) is 2. The van der Waals surface area contributed by atoms with E-state index in [0.29, 0.717) is 6.04 Å². The average molecular weight is 262 g/mol. The second kappa shape index (κ2) is 6.48. The molecule has 2 saturated heterocycles. The molecular formula is C15H22N2O2. The highest BCUT2D eigenvalue weighted by Crippen LogP contribution is 2.22. The molecule has 4 nitrogen and oxygen atoms in total. The zero-order valence-corrected chi connectivity index (χ0v) is 11.3. The average Bonchev–Trinajstić information content (AvgIpc) is 2.50. The van der Waals surface area contributed by atoms with E-state index in [1.807, 2.05) is 0 Å². The van der Waals surface area contributed by atoms with Crippen molar-refractivity contribution in [3.05, 3.63) is 35.9 Å². The van der Waals surface area contributed by atoms with Crippen LogP contribution in [0.4, 0.5) is 0 Å². The highest BCUT2D eigenvalue weighted by Gasteiger charge is 2.27. The standard InChI is InChI=1S/C15H22N2O2/c1-2-4-13(5-3-1)15-10-16-6-7-17(15)11-14-12-18-8-9-19-14/h1-5,14-16H,6-12H2. The van der Waals surface area contributed by atoms with Gasteiger partial charge in [-0.25, -0.2) is 0 Å². The third-order valence-electron chi connectivity index (χ3n) is 3.86. The highest BCUT2D eigenvalue weighted by molar-refractivity contribution is 5.20. The molecule has 0 aliphatic carbocycles. The predicted octanol–water partition coefficient (Wildman–Crippen LogP) is 1.05. The molecule has 2 fully saturated rings. The first-order valence-electron chi connectivity index (χ1n) is 7.12. The van der Waals surface area contributed by atoms with Crippen LogP contribution < -0.4 is 5.32 Å². The van der Waals surface area contributed by atoms with Gasteiger partial charge in [0.05, 0.1) is 25.9 Å². The van der Waals surface area contributed by atoms with Crippen molar-refractivity contribution in [3.63, 3.8) is 0 Å². The quantitative estimate of drug-likeness (QED) is 0.883. The lowest BCUT2D eigenvalue weighted by molar-refractivity contribution is -0.102. The lowest BCUT2D eigenvalue weighted by atomic mass is 10.0. The summed E-state index contributed by atoms with van der Waals surface area (Å²) in [5.41, 5.74) is 1.38. The monoisotopic (exact) mass is 262 g/mol. The first kappa shape index (κ1) is 13.1. The van der Waals surface area contributed by atoms with E-state index in [4.69, 9.17) is 9.47 Å². The van der Waals surface area contributed by atoms with E-state index >= 15 is 0 Å². The molecular weight excluding hydrogens is 240 g/mol. The molecule has 3 rings (SSSR count). The van der Waals surface area contributed by atoms with Gasteiger partial charge < -0.3 is 14.8 Å². The maximum Gasteiger partial charge on any atom is 0.0936 e. The van der Waals surface area contributed by atoms with Crippen molar-refractivity contribution in [1.82, 2.24) is 10.2 Å². The molecule has 0 bridgehead atoms. The van der Waals surface area contributed by atoms with Gasteiger partial charge in [0.15, 0.2) is 0 Å². The van der Waals surface area contributed by atoms with Crippen molar-refractivity contribution in [1.29, 1.82) is 0 Å². The number of rotatable bonds is 3. The molecule has 1 N–H and O–H groups in total. The Labute approximate surface area is 114 Å². The first-order chi connectivity index (χ1) is 9.43. The van der Waals surface area contributed by atoms with Crippen LogP contribution >= 0.6 is 0 Å². The van der Waals surface area contributed by atoms with Crippen molar-refractivity contribution in [3.8, 4) is 0 Å². The van der Waals surface area contributed by atoms with Crippen molar-refractivity contribution in [2.75, 3.05) is 46.0 Å². The van der Waals surface area contributed by atoms with Gasteiger partial charge in [0.2, 0.25) is 0 Å². The zero-order valence-electron chi connectivity index (χ0n) is 11.3. The third-order valence-corrected chi connectivity index (χ3v) is 3.86. The van der Waals surface area contributed by atoms with E-state index in [-0.39, 0.29) is 6.10 Å². The SMILES string of the molecule is c1ccc(C2CNCCN2CC2COCCO2)cc1. The van der Waals surface area contributed by atoms with Crippen LogP contribution in [0.5, 0.6) is 0 Å². The summed E-state index contributed by atoms with van der Waals surface area (Å²) in [4.78, 5) is 2.52. The molecule has 2 unspecified atom stereocenters. The Bertz CT molecular complexity index is 379. The largest absolute Gasteiger partial charge is 0.376 e. The lowest BCUT2D eigenvalue weighted by Gasteiger charge is -2.39. The summed E-state index contributed by atoms with van der Waals surface area (Å²) in [6.07, 6.45) is 0.220. The maximum atomic E-state index is 5.78. The Morgan fingerprint density at radius 1 is 1.21 bits per heavy atom. The first-order valence-corrected chi connectivity index (χ1v) is 7.12. The van der Waals surface area contributed by atoms with Crippen LogP contribution in [0.15, 0.2) is 30.3 Å². The lowest BCUT2D eigenvalue weighted by Crippen LogP contribution is -2.50. The molecule has 19 heavy (non-hydrogen) atoms. The summed E-state index contributed by atoms with van der Waals surface area (Å²) in [7, 11) is 0. The van der Waals surface area contributed by atoms with Gasteiger partial charge in [-0.15, -0.1) is 0 Å². The molecule has 1 aromatic carbocycles. The predicted molar refractivity (Wildman–Crippen MR) is 74.2 cm³/mol. The molecule has 2 aliphatic heterocycles. The minimum Gasteiger partial charge on any atom is -0.376 e. The molecule has 2 atom stereocenters. The Morgan fingerprint density at radius 2 is 2.11 bits per heavy atom. The fourth-order valence-electron chi connectivity index (χ4n) is 2.87. The summed E-state index contributed by atoms with van der Waals surface area (Å²) >= 11 is 0. The van der Waals surface area contributed by atoms with Gasteiger partial charge in [0.1, 0.15) is 0 Å². The normalized spacial score (nSPS) is 29.3. The zero-order chi connectivity index (χ0) is 12.9. The van der Waals surface area contributed by atoms with Gasteiger partial charge in [0.25, 0.3) is 0 Å². The van der Waals surface area contributed by atoms with Crippen LogP contribution in [0.2, 0.25) is 0 Å². The molecule has 4 heteroatoms. The van der Waals surface area contributed by atoms with E-state index in [1.165, 1.54) is 5.56 Å². The van der Waals surface area contributed by atoms with Crippen molar-refractivity contribution < 1.29 is 9.47 Å². The van der Waals surface area contributed by atoms with Gasteiger partial charge in [-0.3, -0.25) is 4.90 Å². The van der Waals surface area contributed by atoms with E-state index in [1.54, 1.807) is 0 Å². The summed E-state index contributed by atoms with van der Waals surface area (Å²) < 4.78 is 11.3. The van der Waals surface area contributed by atoms with Crippen LogP contribution in [0, 0.1) is 0 Å². The Morgan fingerprint density at radius 3 is 2.89 bits per heavy atom. The van der Waals surface area contributed by atoms with Crippen molar-refractivity contribution >= 4 is 0 Å². The van der Waals surface area contributed by atoms with E-state index in [2.05, 4.69) is 40.5 Å². The van der Waals surface area contributed by atoms with Gasteiger partial charge in [-0.05, 0) is 5.56 Å². The summed E-state index contributed by atoms with van der Waals surface area (Å²) in [5, 5.41) is 3.49. The molecule has 2 aliphatic rings. The van der Waals surface area contributed by atoms with E-state index in [0.717, 1.165) is 46.0 Å². The highest BCUT2D eigenvalue weighted by atomic mass is 16.6. The second-order valence-electron chi connectivity index (χ2n) is 5.19. The second-order valence-corrected chi connectivity index (χ2v) is 5.19. The molecule has 0 aromatic heterocycles. The van der Waals surface area contributed by atoms with Crippen molar-refractivity contribution in [2.45, 2.75) is 12.1 Å². The fraction of sp³-hybridized carbons (Fsp3) is 0.600. The van der Waals surface area contributed by atoms with Crippen LogP contribution in [0.25, 0.3) is 0 Å². The summed E-state index contributed by atoms with van der Waals surface area (Å²) in [6.45, 7) is 6.29. The maximum absolute atomic E-state index is 5.78. The Kier molecular flexibility index (Phi) is 4.45. The number of nitrogens with zero attached hydrogens (tertiary/aromatic N) is 1. The molecule has 0 amide bonds. The molecule has 1 aromatic rings. The molecule has 0 spiro atoms. The van der Waals surface area contributed by atoms with Crippen LogP contribution in [-0.4, -0.2) is 57.0 Å². The van der Waals surface area contributed by atoms with Crippen LogP contribution in [0.1, 0.15) is 11.6 Å². The van der Waals surface area contributed by atoms with Gasteiger partial charge in [-0.1, -0.05) is 30.3 Å². The van der Waals surface area contributed by atoms with E-state index < -0.39 is 0 Å². The summed E-state index contributed by atoms with van der Waals surface area (Å²) in [5.74, 6) is 0. The number of hydrogen-bond acceptors (Lipinski definition) is 4. The molecule has 2 heterocycles. The fourth-order valence-corrected chi connectivity index (χ4v) is 2.87. The Hall–Kier alpha value is -0.940. The molecule has 0 saturated carbocycles. The number of benzene rings is 1. The van der Waals surface area contributed by atoms with Gasteiger partial charge in [0, 0.05) is 32.2 Å². The van der Waals surface area contributed by atoms with Gasteiger partial charge in [-0.2, -0.15) is 0 Å². The number of hydrogen-bond donors (Lipinski definition) is 1. The van der Waals surface area contributed by atoms with Crippen molar-refractivity contribution in [2.24, 2.45) is 0 Å². The minimum atomic E-state index is 0.220. The number of piperazine rings is 1. The molecule has 0 radical (unpaired) electrons. The Balaban J connectivity index is 1.66. The van der Waals surface area contributed by atoms with Crippen LogP contribution in [-0.2, 0) is 9.47 Å². The minimum absolute atomic E-state index is 0.220. The smallest absolute Gasteiger partial charge is 0.0936 e. The summed E-state index contributed by atoms with van der Waals surface area (Å²) in [6, 6.07) is 11.2. The van der Waals surface area contributed by atoms with Gasteiger partial charge >= 0.3 is 0 Å². The molecule has 104 valence electrons. The van der Waals surface area contributed by atoms with E-state index in [9.17, 15) is 0 Å². The third kappa shape index (κ3) is 3.34. The topological polar surface area (TPSA) is 33.7 Å². The number of nitrogens with one attached hydrogen (secondary N) is 1.